The van der Waals surface area contributed by atoms with Crippen molar-refractivity contribution in [1.82, 2.24) is 0 Å². The summed E-state index contributed by atoms with van der Waals surface area (Å²) in [6, 6.07) is 12.5. The Morgan fingerprint density at radius 3 is 2.43 bits per heavy atom. The van der Waals surface area contributed by atoms with E-state index in [1.165, 1.54) is 16.7 Å². The largest absolute Gasteiger partial charge is 0.507 e. The molecule has 0 spiro atoms. The van der Waals surface area contributed by atoms with Crippen molar-refractivity contribution in [2.45, 2.75) is 40.0 Å². The van der Waals surface area contributed by atoms with Gasteiger partial charge in [-0.25, -0.2) is 0 Å². The quantitative estimate of drug-likeness (QED) is 0.752. The fourth-order valence-electron chi connectivity index (χ4n) is 2.58. The molecule has 0 heterocycles. The molecule has 0 radical (unpaired) electrons. The van der Waals surface area contributed by atoms with Crippen LogP contribution in [0.1, 0.15) is 50.3 Å². The van der Waals surface area contributed by atoms with Crippen LogP contribution in [0.5, 0.6) is 5.75 Å². The molecule has 0 unspecified atom stereocenters. The summed E-state index contributed by atoms with van der Waals surface area (Å²) in [7, 11) is 0. The van der Waals surface area contributed by atoms with Gasteiger partial charge in [-0.2, -0.15) is 0 Å². The van der Waals surface area contributed by atoms with E-state index in [9.17, 15) is 5.11 Å². The summed E-state index contributed by atoms with van der Waals surface area (Å²) in [6.07, 6.45) is 0.997. The van der Waals surface area contributed by atoms with Crippen molar-refractivity contribution in [3.05, 3.63) is 59.7 Å². The topological polar surface area (TPSA) is 20.2 Å². The normalized spacial score (nSPS) is 10.9. The van der Waals surface area contributed by atoms with Crippen LogP contribution < -0.4 is 0 Å². The van der Waals surface area contributed by atoms with Crippen LogP contribution in [0, 0.1) is 0 Å². The lowest BCUT2D eigenvalue weighted by Crippen LogP contribution is -1.94. The van der Waals surface area contributed by atoms with E-state index in [1.807, 2.05) is 19.1 Å². The van der Waals surface area contributed by atoms with Crippen molar-refractivity contribution in [1.29, 1.82) is 0 Å². The van der Waals surface area contributed by atoms with E-state index >= 15 is 0 Å². The van der Waals surface area contributed by atoms with E-state index in [2.05, 4.69) is 45.5 Å². The first-order valence-corrected chi connectivity index (χ1v) is 7.56. The van der Waals surface area contributed by atoms with E-state index in [0.717, 1.165) is 23.1 Å². The molecule has 0 saturated carbocycles. The zero-order valence-electron chi connectivity index (χ0n) is 13.4. The second kappa shape index (κ2) is 6.17. The molecule has 2 rings (SSSR count). The molecule has 2 aromatic carbocycles. The second-order valence-electron chi connectivity index (χ2n) is 5.94. The van der Waals surface area contributed by atoms with Gasteiger partial charge >= 0.3 is 0 Å². The van der Waals surface area contributed by atoms with Gasteiger partial charge in [-0.1, -0.05) is 51.6 Å². The SMILES string of the molecule is C=C(C)c1cc(-c2cc(C(C)C)ccc2CC)ccc1O. The van der Waals surface area contributed by atoms with Crippen LogP contribution in [0.25, 0.3) is 16.7 Å². The van der Waals surface area contributed by atoms with Crippen molar-refractivity contribution in [2.75, 3.05) is 0 Å². The summed E-state index contributed by atoms with van der Waals surface area (Å²) in [6.45, 7) is 12.5. The third kappa shape index (κ3) is 3.18. The maximum Gasteiger partial charge on any atom is 0.123 e. The number of allylic oxidation sites excluding steroid dienone is 1. The smallest absolute Gasteiger partial charge is 0.123 e. The minimum atomic E-state index is 0.296. The van der Waals surface area contributed by atoms with Crippen LogP contribution in [-0.2, 0) is 6.42 Å². The van der Waals surface area contributed by atoms with Crippen molar-refractivity contribution >= 4 is 5.57 Å². The zero-order valence-corrected chi connectivity index (χ0v) is 13.4. The standard InChI is InChI=1S/C20H24O/c1-6-15-7-8-16(13(2)3)11-19(15)17-9-10-20(21)18(12-17)14(4)5/h7-13,21H,4,6H2,1-3,5H3. The highest BCUT2D eigenvalue weighted by Gasteiger charge is 2.10. The molecule has 1 heteroatoms. The van der Waals surface area contributed by atoms with Gasteiger partial charge in [0.25, 0.3) is 0 Å². The molecule has 21 heavy (non-hydrogen) atoms. The molecule has 0 bridgehead atoms. The molecule has 0 amide bonds. The van der Waals surface area contributed by atoms with Crippen LogP contribution in [-0.4, -0.2) is 5.11 Å². The van der Waals surface area contributed by atoms with Crippen molar-refractivity contribution in [3.8, 4) is 16.9 Å². The first-order valence-electron chi connectivity index (χ1n) is 7.56. The number of phenols is 1. The lowest BCUT2D eigenvalue weighted by molar-refractivity contribution is 0.473. The Bertz CT molecular complexity index is 666. The first-order chi connectivity index (χ1) is 9.93. The molecule has 0 aliphatic heterocycles. The predicted molar refractivity (Wildman–Crippen MR) is 91.7 cm³/mol. The molecule has 0 aliphatic rings. The fourth-order valence-corrected chi connectivity index (χ4v) is 2.58. The van der Waals surface area contributed by atoms with Gasteiger partial charge in [0.15, 0.2) is 0 Å². The van der Waals surface area contributed by atoms with Gasteiger partial charge in [0.05, 0.1) is 0 Å². The molecule has 1 N–H and O–H groups in total. The number of rotatable bonds is 4. The van der Waals surface area contributed by atoms with Crippen molar-refractivity contribution in [3.63, 3.8) is 0 Å². The summed E-state index contributed by atoms with van der Waals surface area (Å²) in [5.74, 6) is 0.802. The van der Waals surface area contributed by atoms with Gasteiger partial charge in [0, 0.05) is 5.56 Å². The van der Waals surface area contributed by atoms with E-state index in [1.54, 1.807) is 6.07 Å². The number of phenolic OH excluding ortho intramolecular Hbond substituents is 1. The summed E-state index contributed by atoms with van der Waals surface area (Å²) in [4.78, 5) is 0. The van der Waals surface area contributed by atoms with Crippen molar-refractivity contribution in [2.24, 2.45) is 0 Å². The van der Waals surface area contributed by atoms with Gasteiger partial charge in [0.1, 0.15) is 5.75 Å². The molecule has 0 atom stereocenters. The number of aromatic hydroxyl groups is 1. The lowest BCUT2D eigenvalue weighted by atomic mass is 9.91. The maximum atomic E-state index is 9.96. The van der Waals surface area contributed by atoms with E-state index in [4.69, 9.17) is 0 Å². The minimum Gasteiger partial charge on any atom is -0.507 e. The number of hydrogen-bond donors (Lipinski definition) is 1. The van der Waals surface area contributed by atoms with E-state index in [-0.39, 0.29) is 0 Å². The van der Waals surface area contributed by atoms with Gasteiger partial charge in [-0.15, -0.1) is 0 Å². The second-order valence-corrected chi connectivity index (χ2v) is 5.94. The molecule has 110 valence electrons. The summed E-state index contributed by atoms with van der Waals surface area (Å²) >= 11 is 0. The van der Waals surface area contributed by atoms with E-state index in [0.29, 0.717) is 11.7 Å². The highest BCUT2D eigenvalue weighted by Crippen LogP contribution is 2.33. The highest BCUT2D eigenvalue weighted by atomic mass is 16.3. The minimum absolute atomic E-state index is 0.296. The molecule has 0 aromatic heterocycles. The number of hydrogen-bond acceptors (Lipinski definition) is 1. The third-order valence-corrected chi connectivity index (χ3v) is 3.95. The van der Waals surface area contributed by atoms with Gasteiger partial charge < -0.3 is 5.11 Å². The molecule has 0 fully saturated rings. The maximum absolute atomic E-state index is 9.96. The monoisotopic (exact) mass is 280 g/mol. The van der Waals surface area contributed by atoms with Crippen LogP contribution in [0.15, 0.2) is 43.0 Å². The molecular weight excluding hydrogens is 256 g/mol. The third-order valence-electron chi connectivity index (χ3n) is 3.95. The Kier molecular flexibility index (Phi) is 4.52. The Morgan fingerprint density at radius 2 is 1.86 bits per heavy atom. The predicted octanol–water partition coefficient (Wildman–Crippen LogP) is 5.78. The van der Waals surface area contributed by atoms with Crippen LogP contribution in [0.2, 0.25) is 0 Å². The molecule has 2 aromatic rings. The first kappa shape index (κ1) is 15.4. The summed E-state index contributed by atoms with van der Waals surface area (Å²) in [5, 5.41) is 9.96. The van der Waals surface area contributed by atoms with Gasteiger partial charge in [-0.05, 0) is 59.2 Å². The number of benzene rings is 2. The van der Waals surface area contributed by atoms with E-state index < -0.39 is 0 Å². The van der Waals surface area contributed by atoms with Crippen LogP contribution in [0.3, 0.4) is 0 Å². The zero-order chi connectivity index (χ0) is 15.6. The van der Waals surface area contributed by atoms with Crippen molar-refractivity contribution < 1.29 is 5.11 Å². The number of aryl methyl sites for hydroxylation is 1. The molecule has 0 saturated heterocycles. The Balaban J connectivity index is 2.62. The molecule has 0 aliphatic carbocycles. The average Bonchev–Trinajstić information content (AvgIpc) is 2.46. The summed E-state index contributed by atoms with van der Waals surface area (Å²) in [5.41, 5.74) is 6.78. The summed E-state index contributed by atoms with van der Waals surface area (Å²) < 4.78 is 0. The van der Waals surface area contributed by atoms with Crippen LogP contribution >= 0.6 is 0 Å². The fraction of sp³-hybridized carbons (Fsp3) is 0.300. The Labute approximate surface area is 128 Å². The molecular formula is C20H24O. The lowest BCUT2D eigenvalue weighted by Gasteiger charge is -2.14. The Morgan fingerprint density at radius 1 is 1.14 bits per heavy atom. The highest BCUT2D eigenvalue weighted by molar-refractivity contribution is 5.76. The van der Waals surface area contributed by atoms with Gasteiger partial charge in [-0.3, -0.25) is 0 Å². The molecule has 1 nitrogen and oxygen atoms in total. The van der Waals surface area contributed by atoms with Gasteiger partial charge in [0.2, 0.25) is 0 Å². The average molecular weight is 280 g/mol. The Hall–Kier alpha value is -2.02. The van der Waals surface area contributed by atoms with Crippen LogP contribution in [0.4, 0.5) is 0 Å².